The number of hydrogen-bond acceptors (Lipinski definition) is 2. The maximum Gasteiger partial charge on any atom is 0.0935 e. The van der Waals surface area contributed by atoms with Crippen molar-refractivity contribution in [3.05, 3.63) is 24.2 Å². The van der Waals surface area contributed by atoms with Crippen molar-refractivity contribution in [2.24, 2.45) is 11.7 Å². The summed E-state index contributed by atoms with van der Waals surface area (Å²) in [7, 11) is 0. The van der Waals surface area contributed by atoms with E-state index >= 15 is 0 Å². The maximum absolute atomic E-state index is 6.43. The highest BCUT2D eigenvalue weighted by Gasteiger charge is 2.31. The SMILES string of the molecule is CCC1CCC(N)(Cc2ccoc2)CC1. The van der Waals surface area contributed by atoms with Crippen LogP contribution in [0.1, 0.15) is 44.6 Å². The van der Waals surface area contributed by atoms with Gasteiger partial charge in [0.25, 0.3) is 0 Å². The van der Waals surface area contributed by atoms with Crippen LogP contribution in [0.4, 0.5) is 0 Å². The van der Waals surface area contributed by atoms with Crippen LogP contribution in [0.3, 0.4) is 0 Å². The van der Waals surface area contributed by atoms with Gasteiger partial charge in [-0.05, 0) is 49.7 Å². The minimum absolute atomic E-state index is 0.0234. The second-order valence-electron chi connectivity index (χ2n) is 5.02. The molecule has 0 unspecified atom stereocenters. The molecule has 15 heavy (non-hydrogen) atoms. The van der Waals surface area contributed by atoms with Crippen LogP contribution < -0.4 is 5.73 Å². The lowest BCUT2D eigenvalue weighted by Crippen LogP contribution is -2.45. The van der Waals surface area contributed by atoms with Crippen LogP contribution in [0.15, 0.2) is 23.0 Å². The van der Waals surface area contributed by atoms with Crippen LogP contribution in [0, 0.1) is 5.92 Å². The molecule has 2 rings (SSSR count). The van der Waals surface area contributed by atoms with E-state index in [1.165, 1.54) is 24.8 Å². The van der Waals surface area contributed by atoms with E-state index < -0.39 is 0 Å². The summed E-state index contributed by atoms with van der Waals surface area (Å²) >= 11 is 0. The Labute approximate surface area is 91.8 Å². The minimum atomic E-state index is 0.0234. The molecule has 1 aliphatic carbocycles. The monoisotopic (exact) mass is 207 g/mol. The third kappa shape index (κ3) is 2.63. The van der Waals surface area contributed by atoms with Gasteiger partial charge in [0, 0.05) is 5.54 Å². The molecule has 0 spiro atoms. The van der Waals surface area contributed by atoms with Gasteiger partial charge in [-0.3, -0.25) is 0 Å². The molecule has 84 valence electrons. The minimum Gasteiger partial charge on any atom is -0.472 e. The van der Waals surface area contributed by atoms with E-state index in [-0.39, 0.29) is 5.54 Å². The van der Waals surface area contributed by atoms with Gasteiger partial charge in [0.1, 0.15) is 0 Å². The van der Waals surface area contributed by atoms with Crippen LogP contribution in [-0.4, -0.2) is 5.54 Å². The first kappa shape index (κ1) is 10.7. The molecule has 0 bridgehead atoms. The number of hydrogen-bond donors (Lipinski definition) is 1. The molecule has 1 aliphatic rings. The Morgan fingerprint density at radius 3 is 2.73 bits per heavy atom. The summed E-state index contributed by atoms with van der Waals surface area (Å²) in [6, 6.07) is 2.03. The van der Waals surface area contributed by atoms with Crippen molar-refractivity contribution in [2.75, 3.05) is 0 Å². The van der Waals surface area contributed by atoms with Crippen molar-refractivity contribution in [1.29, 1.82) is 0 Å². The van der Waals surface area contributed by atoms with E-state index in [1.54, 1.807) is 6.26 Å². The molecular weight excluding hydrogens is 186 g/mol. The van der Waals surface area contributed by atoms with Crippen molar-refractivity contribution in [3.63, 3.8) is 0 Å². The average molecular weight is 207 g/mol. The molecule has 2 nitrogen and oxygen atoms in total. The van der Waals surface area contributed by atoms with Crippen molar-refractivity contribution < 1.29 is 4.42 Å². The lowest BCUT2D eigenvalue weighted by molar-refractivity contribution is 0.228. The summed E-state index contributed by atoms with van der Waals surface area (Å²) in [6.45, 7) is 2.28. The van der Waals surface area contributed by atoms with Crippen LogP contribution in [0.5, 0.6) is 0 Å². The predicted octanol–water partition coefficient (Wildman–Crippen LogP) is 3.12. The van der Waals surface area contributed by atoms with Crippen molar-refractivity contribution >= 4 is 0 Å². The molecule has 2 heteroatoms. The smallest absolute Gasteiger partial charge is 0.0935 e. The van der Waals surface area contributed by atoms with Gasteiger partial charge in [-0.15, -0.1) is 0 Å². The summed E-state index contributed by atoms with van der Waals surface area (Å²) in [5.74, 6) is 0.908. The lowest BCUT2D eigenvalue weighted by atomic mass is 9.74. The molecule has 0 aliphatic heterocycles. The highest BCUT2D eigenvalue weighted by Crippen LogP contribution is 2.34. The fourth-order valence-corrected chi connectivity index (χ4v) is 2.64. The van der Waals surface area contributed by atoms with E-state index in [1.807, 2.05) is 12.3 Å². The standard InChI is InChI=1S/C13H21NO/c1-2-11-3-6-13(14,7-4-11)9-12-5-8-15-10-12/h5,8,10-11H,2-4,6-7,9,14H2,1H3. The van der Waals surface area contributed by atoms with Crippen LogP contribution in [0.25, 0.3) is 0 Å². The quantitative estimate of drug-likeness (QED) is 0.827. The molecule has 2 N–H and O–H groups in total. The fourth-order valence-electron chi connectivity index (χ4n) is 2.64. The normalized spacial score (nSPS) is 31.7. The second kappa shape index (κ2) is 4.40. The molecule has 0 saturated heterocycles. The number of nitrogens with two attached hydrogens (primary N) is 1. The third-order valence-electron chi connectivity index (χ3n) is 3.81. The van der Waals surface area contributed by atoms with Gasteiger partial charge in [-0.2, -0.15) is 0 Å². The molecule has 1 saturated carbocycles. The highest BCUT2D eigenvalue weighted by molar-refractivity contribution is 5.11. The molecular formula is C13H21NO. The first-order valence-electron chi connectivity index (χ1n) is 6.02. The summed E-state index contributed by atoms with van der Waals surface area (Å²) in [5, 5.41) is 0. The molecule has 0 atom stereocenters. The predicted molar refractivity (Wildman–Crippen MR) is 61.6 cm³/mol. The van der Waals surface area contributed by atoms with Gasteiger partial charge >= 0.3 is 0 Å². The molecule has 0 radical (unpaired) electrons. The summed E-state index contributed by atoms with van der Waals surface area (Å²) in [5.41, 5.74) is 7.69. The molecule has 1 heterocycles. The highest BCUT2D eigenvalue weighted by atomic mass is 16.3. The van der Waals surface area contributed by atoms with Gasteiger partial charge in [-0.1, -0.05) is 13.3 Å². The lowest BCUT2D eigenvalue weighted by Gasteiger charge is -2.36. The van der Waals surface area contributed by atoms with Crippen LogP contribution in [0.2, 0.25) is 0 Å². The Bertz CT molecular complexity index is 283. The van der Waals surface area contributed by atoms with Crippen LogP contribution in [-0.2, 0) is 6.42 Å². The Morgan fingerprint density at radius 1 is 1.47 bits per heavy atom. The largest absolute Gasteiger partial charge is 0.472 e. The fraction of sp³-hybridized carbons (Fsp3) is 0.692. The summed E-state index contributed by atoms with van der Waals surface area (Å²) in [4.78, 5) is 0. The summed E-state index contributed by atoms with van der Waals surface area (Å²) < 4.78 is 5.09. The van der Waals surface area contributed by atoms with Gasteiger partial charge in [0.15, 0.2) is 0 Å². The number of furan rings is 1. The first-order chi connectivity index (χ1) is 7.22. The first-order valence-corrected chi connectivity index (χ1v) is 6.02. The average Bonchev–Trinajstić information content (AvgIpc) is 2.71. The summed E-state index contributed by atoms with van der Waals surface area (Å²) in [6.07, 6.45) is 10.8. The zero-order valence-corrected chi connectivity index (χ0v) is 9.54. The van der Waals surface area contributed by atoms with Crippen LogP contribution >= 0.6 is 0 Å². The third-order valence-corrected chi connectivity index (χ3v) is 3.81. The van der Waals surface area contributed by atoms with E-state index in [4.69, 9.17) is 10.2 Å². The Hall–Kier alpha value is -0.760. The van der Waals surface area contributed by atoms with Gasteiger partial charge in [0.2, 0.25) is 0 Å². The Kier molecular flexibility index (Phi) is 3.15. The van der Waals surface area contributed by atoms with E-state index in [9.17, 15) is 0 Å². The topological polar surface area (TPSA) is 39.2 Å². The molecule has 0 amide bonds. The van der Waals surface area contributed by atoms with Gasteiger partial charge < -0.3 is 10.2 Å². The van der Waals surface area contributed by atoms with E-state index in [2.05, 4.69) is 6.92 Å². The Balaban J connectivity index is 1.92. The van der Waals surface area contributed by atoms with E-state index in [0.29, 0.717) is 0 Å². The second-order valence-corrected chi connectivity index (χ2v) is 5.02. The van der Waals surface area contributed by atoms with Crippen molar-refractivity contribution in [3.8, 4) is 0 Å². The molecule has 0 aromatic carbocycles. The zero-order chi connectivity index (χ0) is 10.7. The number of rotatable bonds is 3. The van der Waals surface area contributed by atoms with Gasteiger partial charge in [0.05, 0.1) is 12.5 Å². The van der Waals surface area contributed by atoms with E-state index in [0.717, 1.165) is 25.2 Å². The van der Waals surface area contributed by atoms with Crippen molar-refractivity contribution in [2.45, 2.75) is 51.0 Å². The Morgan fingerprint density at radius 2 is 2.20 bits per heavy atom. The molecule has 1 fully saturated rings. The zero-order valence-electron chi connectivity index (χ0n) is 9.54. The van der Waals surface area contributed by atoms with Gasteiger partial charge in [-0.25, -0.2) is 0 Å². The molecule has 1 aromatic heterocycles. The van der Waals surface area contributed by atoms with Crippen molar-refractivity contribution in [1.82, 2.24) is 0 Å². The molecule has 1 aromatic rings. The maximum atomic E-state index is 6.43.